The smallest absolute Gasteiger partial charge is 0.223 e. The Hall–Kier alpha value is -1.61. The van der Waals surface area contributed by atoms with Gasteiger partial charge in [-0.3, -0.25) is 0 Å². The van der Waals surface area contributed by atoms with Gasteiger partial charge in [-0.2, -0.15) is 0 Å². The molecule has 1 aromatic carbocycles. The summed E-state index contributed by atoms with van der Waals surface area (Å²) < 4.78 is 0. The van der Waals surface area contributed by atoms with Crippen LogP contribution in [0, 0.1) is 0 Å². The molecule has 0 amide bonds. The third-order valence-electron chi connectivity index (χ3n) is 3.48. The molecule has 0 radical (unpaired) electrons. The lowest BCUT2D eigenvalue weighted by Crippen LogP contribution is -2.05. The second-order valence-corrected chi connectivity index (χ2v) is 5.40. The van der Waals surface area contributed by atoms with Crippen molar-refractivity contribution in [3.8, 4) is 11.3 Å². The van der Waals surface area contributed by atoms with Gasteiger partial charge in [-0.1, -0.05) is 17.7 Å². The second-order valence-electron chi connectivity index (χ2n) is 4.96. The van der Waals surface area contributed by atoms with Crippen molar-refractivity contribution in [2.24, 2.45) is 0 Å². The molecule has 3 nitrogen and oxygen atoms in total. The Morgan fingerprint density at radius 3 is 2.94 bits per heavy atom. The Kier molecular flexibility index (Phi) is 2.12. The van der Waals surface area contributed by atoms with Gasteiger partial charge in [-0.05, 0) is 30.5 Å². The van der Waals surface area contributed by atoms with E-state index >= 15 is 0 Å². The minimum absolute atomic E-state index is 0.578. The standard InChI is InChI=1S/C14H12ClN3/c15-10-1-4-12-8(6-10)5-9-7-16-14(18-13(9)12)17-11-2-3-11/h1,4,6-7,11H,2-3,5H2,(H,16,17,18). The molecule has 4 heteroatoms. The van der Waals surface area contributed by atoms with Crippen LogP contribution in [-0.4, -0.2) is 16.0 Å². The molecule has 0 aliphatic heterocycles. The lowest BCUT2D eigenvalue weighted by Gasteiger charge is -2.05. The van der Waals surface area contributed by atoms with Crippen LogP contribution in [0.2, 0.25) is 5.02 Å². The van der Waals surface area contributed by atoms with Gasteiger partial charge in [-0.25, -0.2) is 9.97 Å². The van der Waals surface area contributed by atoms with Crippen LogP contribution < -0.4 is 5.32 Å². The Labute approximate surface area is 110 Å². The van der Waals surface area contributed by atoms with Crippen LogP contribution in [-0.2, 0) is 6.42 Å². The van der Waals surface area contributed by atoms with Crippen LogP contribution >= 0.6 is 11.6 Å². The fourth-order valence-corrected chi connectivity index (χ4v) is 2.59. The number of nitrogens with one attached hydrogen (secondary N) is 1. The van der Waals surface area contributed by atoms with Crippen molar-refractivity contribution in [2.45, 2.75) is 25.3 Å². The summed E-state index contributed by atoms with van der Waals surface area (Å²) in [4.78, 5) is 9.02. The molecule has 90 valence electrons. The molecule has 1 fully saturated rings. The molecule has 1 heterocycles. The van der Waals surface area contributed by atoms with Gasteiger partial charge in [-0.15, -0.1) is 0 Å². The number of rotatable bonds is 2. The van der Waals surface area contributed by atoms with Crippen LogP contribution in [0.5, 0.6) is 0 Å². The van der Waals surface area contributed by atoms with Crippen molar-refractivity contribution in [3.63, 3.8) is 0 Å². The molecule has 0 spiro atoms. The van der Waals surface area contributed by atoms with Crippen molar-refractivity contribution >= 4 is 17.5 Å². The summed E-state index contributed by atoms with van der Waals surface area (Å²) in [5.74, 6) is 0.749. The third-order valence-corrected chi connectivity index (χ3v) is 3.71. The van der Waals surface area contributed by atoms with Gasteiger partial charge in [0.1, 0.15) is 0 Å². The molecule has 0 atom stereocenters. The number of hydrogen-bond acceptors (Lipinski definition) is 3. The maximum absolute atomic E-state index is 6.03. The summed E-state index contributed by atoms with van der Waals surface area (Å²) in [5.41, 5.74) is 4.68. The number of anilines is 1. The van der Waals surface area contributed by atoms with Crippen LogP contribution in [0.25, 0.3) is 11.3 Å². The highest BCUT2D eigenvalue weighted by molar-refractivity contribution is 6.30. The maximum atomic E-state index is 6.03. The molecule has 2 aliphatic carbocycles. The summed E-state index contributed by atoms with van der Waals surface area (Å²) in [6.07, 6.45) is 5.27. The van der Waals surface area contributed by atoms with Crippen molar-refractivity contribution in [3.05, 3.63) is 40.5 Å². The van der Waals surface area contributed by atoms with Gasteiger partial charge in [0.15, 0.2) is 0 Å². The quantitative estimate of drug-likeness (QED) is 0.766. The van der Waals surface area contributed by atoms with Crippen molar-refractivity contribution in [1.82, 2.24) is 9.97 Å². The van der Waals surface area contributed by atoms with E-state index in [9.17, 15) is 0 Å². The fraction of sp³-hybridized carbons (Fsp3) is 0.286. The minimum atomic E-state index is 0.578. The van der Waals surface area contributed by atoms with E-state index in [0.717, 1.165) is 23.1 Å². The van der Waals surface area contributed by atoms with E-state index < -0.39 is 0 Å². The van der Waals surface area contributed by atoms with Gasteiger partial charge < -0.3 is 5.32 Å². The number of aromatic nitrogens is 2. The first-order chi connectivity index (χ1) is 8.79. The fourth-order valence-electron chi connectivity index (χ4n) is 2.39. The molecule has 1 N–H and O–H groups in total. The van der Waals surface area contributed by atoms with Gasteiger partial charge in [0.25, 0.3) is 0 Å². The first-order valence-corrected chi connectivity index (χ1v) is 6.58. The largest absolute Gasteiger partial charge is 0.351 e. The van der Waals surface area contributed by atoms with Gasteiger partial charge in [0.05, 0.1) is 5.69 Å². The van der Waals surface area contributed by atoms with Gasteiger partial charge in [0, 0.05) is 34.8 Å². The minimum Gasteiger partial charge on any atom is -0.351 e. The van der Waals surface area contributed by atoms with Crippen LogP contribution in [0.1, 0.15) is 24.0 Å². The zero-order chi connectivity index (χ0) is 12.1. The van der Waals surface area contributed by atoms with Crippen LogP contribution in [0.15, 0.2) is 24.4 Å². The average molecular weight is 258 g/mol. The van der Waals surface area contributed by atoms with E-state index in [4.69, 9.17) is 11.6 Å². The molecule has 0 bridgehead atoms. The molecule has 2 aliphatic rings. The highest BCUT2D eigenvalue weighted by Crippen LogP contribution is 2.36. The zero-order valence-electron chi connectivity index (χ0n) is 9.78. The first-order valence-electron chi connectivity index (χ1n) is 6.21. The van der Waals surface area contributed by atoms with E-state index in [0.29, 0.717) is 6.04 Å². The topological polar surface area (TPSA) is 37.8 Å². The van der Waals surface area contributed by atoms with Crippen molar-refractivity contribution in [1.29, 1.82) is 0 Å². The maximum Gasteiger partial charge on any atom is 0.223 e. The summed E-state index contributed by atoms with van der Waals surface area (Å²) in [6.45, 7) is 0. The van der Waals surface area contributed by atoms with Gasteiger partial charge >= 0.3 is 0 Å². The van der Waals surface area contributed by atoms with E-state index in [2.05, 4.69) is 21.4 Å². The number of hydrogen-bond donors (Lipinski definition) is 1. The average Bonchev–Trinajstić information content (AvgIpc) is 3.09. The second kappa shape index (κ2) is 3.69. The van der Waals surface area contributed by atoms with E-state index in [-0.39, 0.29) is 0 Å². The first kappa shape index (κ1) is 10.3. The summed E-state index contributed by atoms with van der Waals surface area (Å²) in [6, 6.07) is 6.57. The zero-order valence-corrected chi connectivity index (χ0v) is 10.5. The Morgan fingerprint density at radius 1 is 1.22 bits per heavy atom. The normalized spacial score (nSPS) is 16.3. The summed E-state index contributed by atoms with van der Waals surface area (Å²) in [7, 11) is 0. The predicted octanol–water partition coefficient (Wildman–Crippen LogP) is 3.28. The van der Waals surface area contributed by atoms with Crippen molar-refractivity contribution < 1.29 is 0 Å². The van der Waals surface area contributed by atoms with Gasteiger partial charge in [0.2, 0.25) is 5.95 Å². The number of benzene rings is 1. The molecule has 4 rings (SSSR count). The molecule has 18 heavy (non-hydrogen) atoms. The number of nitrogens with zero attached hydrogens (tertiary/aromatic N) is 2. The SMILES string of the molecule is Clc1ccc2c(c1)Cc1cnc(NC3CC3)nc1-2. The molecule has 1 aromatic heterocycles. The van der Waals surface area contributed by atoms with E-state index in [1.165, 1.54) is 29.5 Å². The third kappa shape index (κ3) is 1.66. The summed E-state index contributed by atoms with van der Waals surface area (Å²) >= 11 is 6.03. The lowest BCUT2D eigenvalue weighted by molar-refractivity contribution is 1.04. The highest BCUT2D eigenvalue weighted by Gasteiger charge is 2.24. The molecule has 2 aromatic rings. The summed E-state index contributed by atoms with van der Waals surface area (Å²) in [5, 5.41) is 4.12. The van der Waals surface area contributed by atoms with E-state index in [1.54, 1.807) is 0 Å². The molecular weight excluding hydrogens is 246 g/mol. The number of fused-ring (bicyclic) bond motifs is 3. The molecular formula is C14H12ClN3. The Balaban J connectivity index is 1.77. The van der Waals surface area contributed by atoms with Crippen molar-refractivity contribution in [2.75, 3.05) is 5.32 Å². The Bertz CT molecular complexity index is 635. The lowest BCUT2D eigenvalue weighted by atomic mass is 10.1. The number of halogens is 1. The van der Waals surface area contributed by atoms with E-state index in [1.807, 2.05) is 18.3 Å². The molecule has 1 saturated carbocycles. The van der Waals surface area contributed by atoms with Crippen LogP contribution in [0.4, 0.5) is 5.95 Å². The molecule has 0 saturated heterocycles. The predicted molar refractivity (Wildman–Crippen MR) is 71.9 cm³/mol. The Morgan fingerprint density at radius 2 is 2.11 bits per heavy atom. The highest BCUT2D eigenvalue weighted by atomic mass is 35.5. The van der Waals surface area contributed by atoms with Crippen LogP contribution in [0.3, 0.4) is 0 Å². The molecule has 0 unspecified atom stereocenters. The monoisotopic (exact) mass is 257 g/mol.